The van der Waals surface area contributed by atoms with Crippen LogP contribution in [0.15, 0.2) is 53.4 Å². The molecule has 0 saturated carbocycles. The standard InChI is InChI=1S/C23H28N2O6S/c26-20(17-5-2-1-3-6-17)16-24-23(27)18-9-11-25(12-10-18)32(28,29)19-7-8-21-22(15-19)31-14-4-13-30-21/h1-3,5-8,15,18,20,26H,4,9-14,16H2,(H,24,27). The van der Waals surface area contributed by atoms with Crippen LogP contribution < -0.4 is 14.8 Å². The number of nitrogens with zero attached hydrogens (tertiary/aromatic N) is 1. The lowest BCUT2D eigenvalue weighted by Crippen LogP contribution is -2.43. The van der Waals surface area contributed by atoms with Gasteiger partial charge >= 0.3 is 0 Å². The topological polar surface area (TPSA) is 105 Å². The summed E-state index contributed by atoms with van der Waals surface area (Å²) in [6.45, 7) is 1.66. The van der Waals surface area contributed by atoms with E-state index in [1.807, 2.05) is 18.2 Å². The Morgan fingerprint density at radius 3 is 2.47 bits per heavy atom. The fourth-order valence-corrected chi connectivity index (χ4v) is 5.43. The van der Waals surface area contributed by atoms with E-state index in [4.69, 9.17) is 9.47 Å². The van der Waals surface area contributed by atoms with Gasteiger partial charge in [0, 0.05) is 38.0 Å². The van der Waals surface area contributed by atoms with Gasteiger partial charge in [-0.15, -0.1) is 0 Å². The van der Waals surface area contributed by atoms with Crippen LogP contribution in [0, 0.1) is 5.92 Å². The smallest absolute Gasteiger partial charge is 0.243 e. The molecule has 2 aliphatic heterocycles. The van der Waals surface area contributed by atoms with Gasteiger partial charge < -0.3 is 19.9 Å². The number of hydrogen-bond acceptors (Lipinski definition) is 6. The van der Waals surface area contributed by atoms with Crippen molar-refractivity contribution in [3.63, 3.8) is 0 Å². The molecule has 0 radical (unpaired) electrons. The van der Waals surface area contributed by atoms with Gasteiger partial charge in [0.05, 0.1) is 24.2 Å². The first kappa shape index (κ1) is 22.6. The number of carbonyl (C=O) groups is 1. The van der Waals surface area contributed by atoms with Crippen molar-refractivity contribution in [3.8, 4) is 11.5 Å². The minimum atomic E-state index is -3.69. The first-order valence-corrected chi connectivity index (χ1v) is 12.3. The van der Waals surface area contributed by atoms with Gasteiger partial charge in [-0.05, 0) is 30.5 Å². The summed E-state index contributed by atoms with van der Waals surface area (Å²) in [5, 5.41) is 13.0. The number of rotatable bonds is 6. The molecule has 1 atom stereocenters. The molecule has 1 unspecified atom stereocenters. The van der Waals surface area contributed by atoms with Crippen molar-refractivity contribution in [2.24, 2.45) is 5.92 Å². The van der Waals surface area contributed by atoms with Gasteiger partial charge in [0.15, 0.2) is 11.5 Å². The lowest BCUT2D eigenvalue weighted by molar-refractivity contribution is -0.126. The van der Waals surface area contributed by atoms with Gasteiger partial charge in [0.25, 0.3) is 0 Å². The Balaban J connectivity index is 1.32. The van der Waals surface area contributed by atoms with E-state index in [-0.39, 0.29) is 36.4 Å². The minimum absolute atomic E-state index is 0.124. The van der Waals surface area contributed by atoms with Crippen molar-refractivity contribution < 1.29 is 27.8 Å². The molecule has 1 saturated heterocycles. The number of sulfonamides is 1. The van der Waals surface area contributed by atoms with Gasteiger partial charge in [-0.2, -0.15) is 4.31 Å². The van der Waals surface area contributed by atoms with Gasteiger partial charge in [-0.25, -0.2) is 8.42 Å². The number of amides is 1. The molecule has 2 N–H and O–H groups in total. The first-order valence-electron chi connectivity index (χ1n) is 10.9. The monoisotopic (exact) mass is 460 g/mol. The van der Waals surface area contributed by atoms with E-state index in [1.165, 1.54) is 16.4 Å². The predicted octanol–water partition coefficient (Wildman–Crippen LogP) is 2.10. The van der Waals surface area contributed by atoms with Crippen molar-refractivity contribution in [1.29, 1.82) is 0 Å². The van der Waals surface area contributed by atoms with Gasteiger partial charge in [-0.3, -0.25) is 4.79 Å². The summed E-state index contributed by atoms with van der Waals surface area (Å²) in [6.07, 6.45) is 0.822. The molecular weight excluding hydrogens is 432 g/mol. The third kappa shape index (κ3) is 5.06. The zero-order valence-corrected chi connectivity index (χ0v) is 18.6. The maximum atomic E-state index is 13.1. The van der Waals surface area contributed by atoms with E-state index in [9.17, 15) is 18.3 Å². The summed E-state index contributed by atoms with van der Waals surface area (Å²) in [4.78, 5) is 12.7. The van der Waals surface area contributed by atoms with E-state index in [2.05, 4.69) is 5.32 Å². The second-order valence-corrected chi connectivity index (χ2v) is 9.95. The van der Waals surface area contributed by atoms with Gasteiger partial charge in [-0.1, -0.05) is 30.3 Å². The van der Waals surface area contributed by atoms with Crippen LogP contribution >= 0.6 is 0 Å². The second-order valence-electron chi connectivity index (χ2n) is 8.01. The Morgan fingerprint density at radius 2 is 1.75 bits per heavy atom. The molecule has 172 valence electrons. The van der Waals surface area contributed by atoms with Crippen molar-refractivity contribution in [2.75, 3.05) is 32.8 Å². The van der Waals surface area contributed by atoms with E-state index < -0.39 is 16.1 Å². The number of piperidine rings is 1. The number of hydrogen-bond donors (Lipinski definition) is 2. The van der Waals surface area contributed by atoms with Crippen LogP contribution in [0.1, 0.15) is 30.9 Å². The quantitative estimate of drug-likeness (QED) is 0.684. The van der Waals surface area contributed by atoms with Gasteiger partial charge in [0.1, 0.15) is 0 Å². The van der Waals surface area contributed by atoms with Crippen LogP contribution in [0.5, 0.6) is 11.5 Å². The molecule has 0 bridgehead atoms. The van der Waals surface area contributed by atoms with Crippen LogP contribution in [0.2, 0.25) is 0 Å². The van der Waals surface area contributed by atoms with Crippen molar-refractivity contribution in [2.45, 2.75) is 30.3 Å². The number of aliphatic hydroxyl groups is 1. The number of benzene rings is 2. The molecule has 4 rings (SSSR count). The fourth-order valence-electron chi connectivity index (χ4n) is 3.95. The molecule has 1 fully saturated rings. The van der Waals surface area contributed by atoms with E-state index >= 15 is 0 Å². The molecule has 0 aromatic heterocycles. The Bertz CT molecular complexity index is 1040. The van der Waals surface area contributed by atoms with Crippen LogP contribution in [-0.4, -0.2) is 56.6 Å². The lowest BCUT2D eigenvalue weighted by Gasteiger charge is -2.30. The third-order valence-corrected chi connectivity index (χ3v) is 7.73. The first-order chi connectivity index (χ1) is 15.4. The zero-order chi connectivity index (χ0) is 22.6. The van der Waals surface area contributed by atoms with Crippen LogP contribution in [0.4, 0.5) is 0 Å². The highest BCUT2D eigenvalue weighted by Crippen LogP contribution is 2.33. The van der Waals surface area contributed by atoms with Crippen LogP contribution in [0.3, 0.4) is 0 Å². The van der Waals surface area contributed by atoms with Crippen molar-refractivity contribution in [1.82, 2.24) is 9.62 Å². The molecule has 0 spiro atoms. The Labute approximate surface area is 188 Å². The van der Waals surface area contributed by atoms with E-state index in [0.29, 0.717) is 37.6 Å². The average Bonchev–Trinajstić information content (AvgIpc) is 3.08. The summed E-state index contributed by atoms with van der Waals surface area (Å²) in [6, 6.07) is 13.8. The fraction of sp³-hybridized carbons (Fsp3) is 0.435. The molecule has 2 aromatic rings. The van der Waals surface area contributed by atoms with Crippen LogP contribution in [0.25, 0.3) is 0 Å². The number of nitrogens with one attached hydrogen (secondary N) is 1. The number of aliphatic hydroxyl groups excluding tert-OH is 1. The lowest BCUT2D eigenvalue weighted by atomic mass is 9.97. The molecule has 32 heavy (non-hydrogen) atoms. The zero-order valence-electron chi connectivity index (χ0n) is 17.8. The maximum absolute atomic E-state index is 13.1. The van der Waals surface area contributed by atoms with Crippen molar-refractivity contribution in [3.05, 3.63) is 54.1 Å². The number of ether oxygens (including phenoxy) is 2. The largest absolute Gasteiger partial charge is 0.490 e. The molecule has 2 aromatic carbocycles. The second kappa shape index (κ2) is 9.89. The number of fused-ring (bicyclic) bond motifs is 1. The molecule has 9 heteroatoms. The Hall–Kier alpha value is -2.62. The molecule has 1 amide bonds. The predicted molar refractivity (Wildman–Crippen MR) is 118 cm³/mol. The summed E-state index contributed by atoms with van der Waals surface area (Å²) < 4.78 is 38.8. The molecule has 2 aliphatic rings. The molecule has 0 aliphatic carbocycles. The third-order valence-electron chi connectivity index (χ3n) is 5.84. The Kier molecular flexibility index (Phi) is 6.98. The highest BCUT2D eigenvalue weighted by Gasteiger charge is 2.33. The van der Waals surface area contributed by atoms with Gasteiger partial charge in [0.2, 0.25) is 15.9 Å². The molecular formula is C23H28N2O6S. The van der Waals surface area contributed by atoms with Crippen molar-refractivity contribution >= 4 is 15.9 Å². The number of carbonyl (C=O) groups excluding carboxylic acids is 1. The minimum Gasteiger partial charge on any atom is -0.490 e. The molecule has 8 nitrogen and oxygen atoms in total. The Morgan fingerprint density at radius 1 is 1.06 bits per heavy atom. The van der Waals surface area contributed by atoms with E-state index in [1.54, 1.807) is 18.2 Å². The summed E-state index contributed by atoms with van der Waals surface area (Å²) in [5.74, 6) is 0.546. The summed E-state index contributed by atoms with van der Waals surface area (Å²) in [5.41, 5.74) is 0.740. The normalized spacial score (nSPS) is 18.5. The van der Waals surface area contributed by atoms with Crippen LogP contribution in [-0.2, 0) is 14.8 Å². The summed E-state index contributed by atoms with van der Waals surface area (Å²) in [7, 11) is -3.69. The average molecular weight is 461 g/mol. The highest BCUT2D eigenvalue weighted by atomic mass is 32.2. The van der Waals surface area contributed by atoms with E-state index in [0.717, 1.165) is 12.0 Å². The molecule has 2 heterocycles. The maximum Gasteiger partial charge on any atom is 0.243 e. The SMILES string of the molecule is O=C(NCC(O)c1ccccc1)C1CCN(S(=O)(=O)c2ccc3c(c2)OCCCO3)CC1. The highest BCUT2D eigenvalue weighted by molar-refractivity contribution is 7.89. The summed E-state index contributed by atoms with van der Waals surface area (Å²) >= 11 is 0.